The molecule has 0 aromatic carbocycles. The van der Waals surface area contributed by atoms with Crippen LogP contribution >= 0.6 is 11.3 Å². The highest BCUT2D eigenvalue weighted by atomic mass is 32.1. The number of pyridine rings is 1. The first kappa shape index (κ1) is 11.9. The molecule has 5 heteroatoms. The van der Waals surface area contributed by atoms with Crippen molar-refractivity contribution >= 4 is 17.0 Å². The van der Waals surface area contributed by atoms with E-state index in [9.17, 15) is 0 Å². The van der Waals surface area contributed by atoms with Crippen LogP contribution in [0.5, 0.6) is 0 Å². The van der Waals surface area contributed by atoms with Crippen molar-refractivity contribution in [3.63, 3.8) is 0 Å². The summed E-state index contributed by atoms with van der Waals surface area (Å²) in [6, 6.07) is 8.02. The minimum Gasteiger partial charge on any atom is -0.396 e. The number of nitrogens with zero attached hydrogens (tertiary/aromatic N) is 3. The molecule has 3 aromatic heterocycles. The lowest BCUT2D eigenvalue weighted by Gasteiger charge is -1.98. The Labute approximate surface area is 115 Å². The quantitative estimate of drug-likeness (QED) is 0.795. The molecule has 0 aliphatic rings. The Morgan fingerprint density at radius 1 is 1.21 bits per heavy atom. The van der Waals surface area contributed by atoms with E-state index in [1.54, 1.807) is 28.4 Å². The number of rotatable bonds is 3. The van der Waals surface area contributed by atoms with Gasteiger partial charge in [-0.2, -0.15) is 5.10 Å². The molecule has 0 atom stereocenters. The van der Waals surface area contributed by atoms with Crippen LogP contribution in [0.25, 0.3) is 16.3 Å². The molecule has 0 bridgehead atoms. The van der Waals surface area contributed by atoms with Crippen LogP contribution in [0.15, 0.2) is 42.9 Å². The molecule has 0 radical (unpaired) electrons. The fourth-order valence-corrected chi connectivity index (χ4v) is 2.86. The minimum absolute atomic E-state index is 0.696. The SMILES string of the molecule is CCc1ccc(-c2nn(-c3ccncc3)cc2N)s1. The van der Waals surface area contributed by atoms with Crippen LogP contribution in [0.2, 0.25) is 0 Å². The monoisotopic (exact) mass is 270 g/mol. The first-order valence-electron chi connectivity index (χ1n) is 6.12. The van der Waals surface area contributed by atoms with Gasteiger partial charge in [0, 0.05) is 17.3 Å². The molecular formula is C14H14N4S. The van der Waals surface area contributed by atoms with E-state index in [-0.39, 0.29) is 0 Å². The Balaban J connectivity index is 2.02. The second-order valence-corrected chi connectivity index (χ2v) is 5.37. The van der Waals surface area contributed by atoms with Crippen LogP contribution < -0.4 is 5.73 Å². The molecule has 0 aliphatic heterocycles. The lowest BCUT2D eigenvalue weighted by molar-refractivity contribution is 0.882. The zero-order valence-electron chi connectivity index (χ0n) is 10.6. The first-order valence-corrected chi connectivity index (χ1v) is 6.94. The van der Waals surface area contributed by atoms with Gasteiger partial charge in [-0.1, -0.05) is 6.92 Å². The van der Waals surface area contributed by atoms with Crippen LogP contribution in [0, 0.1) is 0 Å². The van der Waals surface area contributed by atoms with Gasteiger partial charge >= 0.3 is 0 Å². The molecule has 3 heterocycles. The van der Waals surface area contributed by atoms with Crippen molar-refractivity contribution in [3.8, 4) is 16.3 Å². The highest BCUT2D eigenvalue weighted by Gasteiger charge is 2.11. The van der Waals surface area contributed by atoms with Crippen molar-refractivity contribution in [2.45, 2.75) is 13.3 Å². The molecule has 3 rings (SSSR count). The fourth-order valence-electron chi connectivity index (χ4n) is 1.90. The fraction of sp³-hybridized carbons (Fsp3) is 0.143. The van der Waals surface area contributed by atoms with Gasteiger partial charge in [-0.25, -0.2) is 4.68 Å². The molecule has 2 N–H and O–H groups in total. The topological polar surface area (TPSA) is 56.7 Å². The number of anilines is 1. The highest BCUT2D eigenvalue weighted by molar-refractivity contribution is 7.15. The van der Waals surface area contributed by atoms with Gasteiger partial charge in [0.1, 0.15) is 5.69 Å². The predicted molar refractivity (Wildman–Crippen MR) is 78.5 cm³/mol. The first-order chi connectivity index (χ1) is 9.28. The summed E-state index contributed by atoms with van der Waals surface area (Å²) in [6.45, 7) is 2.15. The van der Waals surface area contributed by atoms with Gasteiger partial charge in [0.15, 0.2) is 0 Å². The summed E-state index contributed by atoms with van der Waals surface area (Å²) in [5.74, 6) is 0. The molecule has 0 amide bonds. The summed E-state index contributed by atoms with van der Waals surface area (Å²) >= 11 is 1.74. The number of aryl methyl sites for hydroxylation is 1. The molecule has 0 saturated heterocycles. The van der Waals surface area contributed by atoms with E-state index in [2.05, 4.69) is 29.1 Å². The molecule has 96 valence electrons. The van der Waals surface area contributed by atoms with Crippen LogP contribution in [0.1, 0.15) is 11.8 Å². The molecule has 3 aromatic rings. The molecule has 0 spiro atoms. The summed E-state index contributed by atoms with van der Waals surface area (Å²) < 4.78 is 1.79. The third-order valence-electron chi connectivity index (χ3n) is 2.91. The molecule has 0 unspecified atom stereocenters. The van der Waals surface area contributed by atoms with E-state index in [1.807, 2.05) is 18.3 Å². The number of hydrogen-bond acceptors (Lipinski definition) is 4. The number of nitrogen functional groups attached to an aromatic ring is 1. The van der Waals surface area contributed by atoms with Crippen LogP contribution in [-0.2, 0) is 6.42 Å². The standard InChI is InChI=1S/C14H14N4S/c1-2-11-3-4-13(19-11)14-12(15)9-18(17-14)10-5-7-16-8-6-10/h3-9H,2,15H2,1H3. The van der Waals surface area contributed by atoms with Gasteiger partial charge in [0.05, 0.1) is 22.4 Å². The molecule has 0 saturated carbocycles. The van der Waals surface area contributed by atoms with Crippen LogP contribution in [0.4, 0.5) is 5.69 Å². The Kier molecular flexibility index (Phi) is 3.05. The van der Waals surface area contributed by atoms with E-state index < -0.39 is 0 Å². The number of thiophene rings is 1. The number of hydrogen-bond donors (Lipinski definition) is 1. The predicted octanol–water partition coefficient (Wildman–Crippen LogP) is 3.14. The van der Waals surface area contributed by atoms with Gasteiger partial charge in [-0.15, -0.1) is 11.3 Å². The van der Waals surface area contributed by atoms with Crippen molar-refractivity contribution in [2.75, 3.05) is 5.73 Å². The van der Waals surface area contributed by atoms with E-state index in [4.69, 9.17) is 5.73 Å². The molecule has 0 aliphatic carbocycles. The maximum Gasteiger partial charge on any atom is 0.126 e. The average molecular weight is 270 g/mol. The van der Waals surface area contributed by atoms with Gasteiger partial charge in [-0.3, -0.25) is 4.98 Å². The van der Waals surface area contributed by atoms with Crippen molar-refractivity contribution in [1.29, 1.82) is 0 Å². The summed E-state index contributed by atoms with van der Waals surface area (Å²) in [4.78, 5) is 6.46. The largest absolute Gasteiger partial charge is 0.396 e. The Morgan fingerprint density at radius 3 is 2.68 bits per heavy atom. The second-order valence-electron chi connectivity index (χ2n) is 4.20. The van der Waals surface area contributed by atoms with Crippen molar-refractivity contribution in [3.05, 3.63) is 47.7 Å². The number of nitrogens with two attached hydrogens (primary N) is 1. The van der Waals surface area contributed by atoms with E-state index >= 15 is 0 Å². The Morgan fingerprint density at radius 2 is 2.00 bits per heavy atom. The zero-order chi connectivity index (χ0) is 13.2. The van der Waals surface area contributed by atoms with Crippen molar-refractivity contribution < 1.29 is 0 Å². The van der Waals surface area contributed by atoms with E-state index in [0.29, 0.717) is 5.69 Å². The van der Waals surface area contributed by atoms with E-state index in [1.165, 1.54) is 4.88 Å². The smallest absolute Gasteiger partial charge is 0.126 e. The zero-order valence-corrected chi connectivity index (χ0v) is 11.4. The maximum atomic E-state index is 6.07. The summed E-state index contributed by atoms with van der Waals surface area (Å²) in [6.07, 6.45) is 6.37. The second kappa shape index (κ2) is 4.85. The normalized spacial score (nSPS) is 10.8. The van der Waals surface area contributed by atoms with Gasteiger partial charge in [-0.05, 0) is 30.7 Å². The highest BCUT2D eigenvalue weighted by Crippen LogP contribution is 2.31. The van der Waals surface area contributed by atoms with Gasteiger partial charge in [0.2, 0.25) is 0 Å². The molecule has 19 heavy (non-hydrogen) atoms. The minimum atomic E-state index is 0.696. The third kappa shape index (κ3) is 2.24. The lowest BCUT2D eigenvalue weighted by atomic mass is 10.3. The van der Waals surface area contributed by atoms with E-state index in [0.717, 1.165) is 22.7 Å². The Bertz CT molecular complexity index is 685. The average Bonchev–Trinajstić information content (AvgIpc) is 3.06. The van der Waals surface area contributed by atoms with Gasteiger partial charge < -0.3 is 5.73 Å². The summed E-state index contributed by atoms with van der Waals surface area (Å²) in [5, 5.41) is 4.57. The summed E-state index contributed by atoms with van der Waals surface area (Å²) in [7, 11) is 0. The summed E-state index contributed by atoms with van der Waals surface area (Å²) in [5.41, 5.74) is 8.57. The lowest BCUT2D eigenvalue weighted by Crippen LogP contribution is -1.94. The Hall–Kier alpha value is -2.14. The van der Waals surface area contributed by atoms with Crippen LogP contribution in [-0.4, -0.2) is 14.8 Å². The number of aromatic nitrogens is 3. The molecular weight excluding hydrogens is 256 g/mol. The van der Waals surface area contributed by atoms with Crippen molar-refractivity contribution in [2.24, 2.45) is 0 Å². The maximum absolute atomic E-state index is 6.07. The van der Waals surface area contributed by atoms with Gasteiger partial charge in [0.25, 0.3) is 0 Å². The molecule has 4 nitrogen and oxygen atoms in total. The van der Waals surface area contributed by atoms with Crippen molar-refractivity contribution in [1.82, 2.24) is 14.8 Å². The molecule has 0 fully saturated rings. The third-order valence-corrected chi connectivity index (χ3v) is 4.15. The van der Waals surface area contributed by atoms with Crippen LogP contribution in [0.3, 0.4) is 0 Å².